The third-order valence-electron chi connectivity index (χ3n) is 5.96. The molecule has 2 heterocycles. The largest absolute Gasteiger partial charge is 0.506 e. The van der Waals surface area contributed by atoms with Crippen LogP contribution in [0.4, 0.5) is 5.69 Å². The molecule has 2 amide bonds. The number of rotatable bonds is 5. The molecule has 3 aromatic rings. The van der Waals surface area contributed by atoms with Gasteiger partial charge in [0.25, 0.3) is 11.8 Å². The van der Waals surface area contributed by atoms with Gasteiger partial charge in [-0.05, 0) is 36.8 Å². The molecule has 0 saturated carbocycles. The number of anilines is 1. The first-order valence-corrected chi connectivity index (χ1v) is 12.5. The van der Waals surface area contributed by atoms with Gasteiger partial charge in [-0.2, -0.15) is 0 Å². The van der Waals surface area contributed by atoms with E-state index in [9.17, 15) is 23.1 Å². The molecule has 3 aromatic carbocycles. The molecule has 0 spiro atoms. The summed E-state index contributed by atoms with van der Waals surface area (Å²) >= 11 is 0. The lowest BCUT2D eigenvalue weighted by atomic mass is 10.0. The van der Waals surface area contributed by atoms with E-state index in [0.29, 0.717) is 18.6 Å². The number of nitrogens with one attached hydrogen (secondary N) is 1. The average Bonchev–Trinajstić information content (AvgIpc) is 3.48. The van der Waals surface area contributed by atoms with E-state index < -0.39 is 21.8 Å². The minimum absolute atomic E-state index is 0.0803. The first-order chi connectivity index (χ1) is 16.9. The fourth-order valence-electron chi connectivity index (χ4n) is 4.21. The molecule has 2 aliphatic heterocycles. The Bertz CT molecular complexity index is 1430. The molecular weight excluding hydrogens is 468 g/mol. The van der Waals surface area contributed by atoms with E-state index in [4.69, 9.17) is 4.74 Å². The number of hydrogen-bond donors (Lipinski definition) is 2. The lowest BCUT2D eigenvalue weighted by Crippen LogP contribution is -2.35. The van der Waals surface area contributed by atoms with Crippen LogP contribution in [0.5, 0.6) is 0 Å². The van der Waals surface area contributed by atoms with Crippen molar-refractivity contribution in [3.05, 3.63) is 95.6 Å². The number of carbonyl (C=O) groups excluding carboxylic acids is 2. The summed E-state index contributed by atoms with van der Waals surface area (Å²) in [7, 11) is -3.94. The molecule has 1 atom stereocenters. The number of sulfonamides is 1. The molecule has 0 bridgehead atoms. The van der Waals surface area contributed by atoms with Gasteiger partial charge >= 0.3 is 0 Å². The van der Waals surface area contributed by atoms with Crippen LogP contribution in [0.25, 0.3) is 11.3 Å². The van der Waals surface area contributed by atoms with Crippen molar-refractivity contribution in [2.24, 2.45) is 0 Å². The van der Waals surface area contributed by atoms with E-state index in [0.717, 1.165) is 4.90 Å². The van der Waals surface area contributed by atoms with Crippen LogP contribution >= 0.6 is 0 Å². The number of benzene rings is 3. The minimum Gasteiger partial charge on any atom is -0.506 e. The highest BCUT2D eigenvalue weighted by atomic mass is 32.2. The summed E-state index contributed by atoms with van der Waals surface area (Å²) in [5.41, 5.74) is 0.865. The topological polar surface area (TPSA) is 113 Å². The molecule has 1 saturated heterocycles. The molecule has 178 valence electrons. The molecule has 1 unspecified atom stereocenters. The van der Waals surface area contributed by atoms with E-state index >= 15 is 0 Å². The van der Waals surface area contributed by atoms with E-state index in [1.807, 2.05) is 0 Å². The van der Waals surface area contributed by atoms with Crippen LogP contribution < -0.4 is 9.62 Å². The van der Waals surface area contributed by atoms with Gasteiger partial charge in [0, 0.05) is 29.3 Å². The quantitative estimate of drug-likeness (QED) is 0.322. The van der Waals surface area contributed by atoms with Gasteiger partial charge in [-0.3, -0.25) is 9.59 Å². The zero-order chi connectivity index (χ0) is 24.6. The van der Waals surface area contributed by atoms with Gasteiger partial charge in [-0.15, -0.1) is 0 Å². The highest BCUT2D eigenvalue weighted by Crippen LogP contribution is 2.42. The van der Waals surface area contributed by atoms with Gasteiger partial charge in [0.05, 0.1) is 22.8 Å². The molecule has 35 heavy (non-hydrogen) atoms. The number of ether oxygens (including phenoxy) is 1. The van der Waals surface area contributed by atoms with Gasteiger partial charge < -0.3 is 9.84 Å². The predicted octanol–water partition coefficient (Wildman–Crippen LogP) is 3.37. The van der Waals surface area contributed by atoms with Crippen LogP contribution in [0.15, 0.2) is 83.8 Å². The number of aliphatic hydroxyl groups is 1. The molecular formula is C26H22N2O6S. The summed E-state index contributed by atoms with van der Waals surface area (Å²) in [5.74, 6) is -1.65. The molecule has 2 aliphatic rings. The molecule has 5 rings (SSSR count). The minimum atomic E-state index is -3.94. The third-order valence-corrected chi connectivity index (χ3v) is 7.48. The Morgan fingerprint density at radius 2 is 1.63 bits per heavy atom. The second-order valence-corrected chi connectivity index (χ2v) is 9.98. The van der Waals surface area contributed by atoms with Crippen molar-refractivity contribution in [1.82, 2.24) is 4.72 Å². The second kappa shape index (κ2) is 9.10. The van der Waals surface area contributed by atoms with Crippen molar-refractivity contribution in [3.63, 3.8) is 0 Å². The van der Waals surface area contributed by atoms with Crippen LogP contribution in [0.3, 0.4) is 0 Å². The standard InChI is InChI=1S/C26H22N2O6S/c29-24(17-7-3-1-4-8-17)23-21-15-20(35(32,33)27-19-13-14-34-16-19)11-12-22(21)28(26(23)31)25(30)18-9-5-2-6-10-18/h1-12,15,19,27,29H,13-14,16H2/b24-23-. The van der Waals surface area contributed by atoms with E-state index in [1.165, 1.54) is 18.2 Å². The van der Waals surface area contributed by atoms with Crippen LogP contribution in [-0.4, -0.2) is 44.6 Å². The van der Waals surface area contributed by atoms with Crippen LogP contribution in [-0.2, 0) is 19.6 Å². The summed E-state index contributed by atoms with van der Waals surface area (Å²) in [5, 5.41) is 11.1. The van der Waals surface area contributed by atoms with Crippen molar-refractivity contribution in [1.29, 1.82) is 0 Å². The van der Waals surface area contributed by atoms with Gasteiger partial charge in [-0.25, -0.2) is 18.0 Å². The Hall–Kier alpha value is -3.79. The molecule has 0 aromatic heterocycles. The summed E-state index contributed by atoms with van der Waals surface area (Å²) < 4.78 is 33.9. The van der Waals surface area contributed by atoms with Gasteiger partial charge in [-0.1, -0.05) is 48.5 Å². The Morgan fingerprint density at radius 3 is 2.26 bits per heavy atom. The monoisotopic (exact) mass is 490 g/mol. The van der Waals surface area contributed by atoms with Crippen LogP contribution in [0.2, 0.25) is 0 Å². The van der Waals surface area contributed by atoms with Crippen molar-refractivity contribution in [2.45, 2.75) is 17.4 Å². The molecule has 9 heteroatoms. The highest BCUT2D eigenvalue weighted by molar-refractivity contribution is 7.89. The zero-order valence-corrected chi connectivity index (χ0v) is 19.4. The van der Waals surface area contributed by atoms with Crippen molar-refractivity contribution in [3.8, 4) is 0 Å². The summed E-state index contributed by atoms with van der Waals surface area (Å²) in [6.07, 6.45) is 0.557. The highest BCUT2D eigenvalue weighted by Gasteiger charge is 2.40. The van der Waals surface area contributed by atoms with E-state index in [-0.39, 0.29) is 45.7 Å². The van der Waals surface area contributed by atoms with Crippen LogP contribution in [0.1, 0.15) is 27.9 Å². The number of carbonyl (C=O) groups is 2. The first kappa shape index (κ1) is 23.0. The fraction of sp³-hybridized carbons (Fsp3) is 0.154. The molecule has 2 N–H and O–H groups in total. The molecule has 8 nitrogen and oxygen atoms in total. The Kier molecular flexibility index (Phi) is 5.98. The predicted molar refractivity (Wildman–Crippen MR) is 130 cm³/mol. The number of nitrogens with zero attached hydrogens (tertiary/aromatic N) is 1. The van der Waals surface area contributed by atoms with Crippen molar-refractivity contribution < 1.29 is 27.9 Å². The number of aliphatic hydroxyl groups excluding tert-OH is 1. The normalized spacial score (nSPS) is 19.0. The summed E-state index contributed by atoms with van der Waals surface area (Å²) in [4.78, 5) is 27.7. The fourth-order valence-corrected chi connectivity index (χ4v) is 5.49. The third kappa shape index (κ3) is 4.25. The van der Waals surface area contributed by atoms with Crippen molar-refractivity contribution >= 4 is 38.9 Å². The molecule has 0 radical (unpaired) electrons. The number of imide groups is 1. The Labute approximate surface area is 202 Å². The maximum atomic E-state index is 13.5. The lowest BCUT2D eigenvalue weighted by Gasteiger charge is -2.16. The summed E-state index contributed by atoms with van der Waals surface area (Å²) in [6.45, 7) is 0.752. The number of fused-ring (bicyclic) bond motifs is 1. The average molecular weight is 491 g/mol. The van der Waals surface area contributed by atoms with Crippen molar-refractivity contribution in [2.75, 3.05) is 18.1 Å². The maximum Gasteiger partial charge on any atom is 0.269 e. The number of amides is 2. The first-order valence-electron chi connectivity index (χ1n) is 11.0. The lowest BCUT2D eigenvalue weighted by molar-refractivity contribution is -0.112. The zero-order valence-electron chi connectivity index (χ0n) is 18.5. The van der Waals surface area contributed by atoms with Gasteiger partial charge in [0.2, 0.25) is 10.0 Å². The number of hydrogen-bond acceptors (Lipinski definition) is 6. The van der Waals surface area contributed by atoms with Gasteiger partial charge in [0.15, 0.2) is 0 Å². The smallest absolute Gasteiger partial charge is 0.269 e. The summed E-state index contributed by atoms with van der Waals surface area (Å²) in [6, 6.07) is 20.4. The van der Waals surface area contributed by atoms with Gasteiger partial charge in [0.1, 0.15) is 5.76 Å². The SMILES string of the molecule is O=C1/C(=C(\O)c2ccccc2)c2cc(S(=O)(=O)NC3CCOC3)ccc2N1C(=O)c1ccccc1. The Morgan fingerprint density at radius 1 is 0.971 bits per heavy atom. The van der Waals surface area contributed by atoms with E-state index in [1.54, 1.807) is 60.7 Å². The van der Waals surface area contributed by atoms with E-state index in [2.05, 4.69) is 4.72 Å². The maximum absolute atomic E-state index is 13.5. The molecule has 0 aliphatic carbocycles. The van der Waals surface area contributed by atoms with Crippen LogP contribution in [0, 0.1) is 0 Å². The second-order valence-electron chi connectivity index (χ2n) is 8.26. The Balaban J connectivity index is 1.64. The molecule has 1 fully saturated rings.